The fraction of sp³-hybridized carbons (Fsp3) is 0.500. The van der Waals surface area contributed by atoms with Gasteiger partial charge < -0.3 is 19.9 Å². The van der Waals surface area contributed by atoms with Gasteiger partial charge in [0.1, 0.15) is 5.82 Å². The SMILES string of the molecule is O=C(c1ccc(NCc2csc(N3CCCC3)n2)nc1)N1CCOCC1. The first-order chi connectivity index (χ1) is 12.8. The van der Waals surface area contributed by atoms with Crippen LogP contribution in [0, 0.1) is 0 Å². The molecule has 26 heavy (non-hydrogen) atoms. The van der Waals surface area contributed by atoms with E-state index in [1.54, 1.807) is 17.5 Å². The topological polar surface area (TPSA) is 70.6 Å². The zero-order valence-electron chi connectivity index (χ0n) is 14.7. The van der Waals surface area contributed by atoms with Crippen molar-refractivity contribution >= 4 is 28.2 Å². The second-order valence-electron chi connectivity index (χ2n) is 6.51. The molecule has 2 aliphatic rings. The molecule has 2 aromatic rings. The molecule has 4 heterocycles. The molecule has 8 heteroatoms. The maximum absolute atomic E-state index is 12.4. The summed E-state index contributed by atoms with van der Waals surface area (Å²) in [6.45, 7) is 5.34. The molecule has 2 saturated heterocycles. The van der Waals surface area contributed by atoms with Crippen molar-refractivity contribution < 1.29 is 9.53 Å². The van der Waals surface area contributed by atoms with Crippen molar-refractivity contribution in [2.45, 2.75) is 19.4 Å². The van der Waals surface area contributed by atoms with Gasteiger partial charge in [-0.25, -0.2) is 9.97 Å². The summed E-state index contributed by atoms with van der Waals surface area (Å²) in [5.41, 5.74) is 1.63. The van der Waals surface area contributed by atoms with Gasteiger partial charge in [-0.2, -0.15) is 0 Å². The number of carbonyl (C=O) groups is 1. The first kappa shape index (κ1) is 17.2. The maximum Gasteiger partial charge on any atom is 0.255 e. The van der Waals surface area contributed by atoms with Gasteiger partial charge in [-0.3, -0.25) is 4.79 Å². The number of aromatic nitrogens is 2. The van der Waals surface area contributed by atoms with E-state index in [0.29, 0.717) is 38.4 Å². The van der Waals surface area contributed by atoms with Crippen molar-refractivity contribution in [1.29, 1.82) is 0 Å². The second-order valence-corrected chi connectivity index (χ2v) is 7.34. The minimum atomic E-state index is 0.0158. The molecule has 1 amide bonds. The minimum absolute atomic E-state index is 0.0158. The van der Waals surface area contributed by atoms with Crippen molar-refractivity contribution in [3.05, 3.63) is 35.0 Å². The first-order valence-electron chi connectivity index (χ1n) is 9.06. The Labute approximate surface area is 157 Å². The van der Waals surface area contributed by atoms with Crippen LogP contribution in [0.4, 0.5) is 10.9 Å². The average molecular weight is 373 g/mol. The first-order valence-corrected chi connectivity index (χ1v) is 9.94. The van der Waals surface area contributed by atoms with Crippen LogP contribution in [0.3, 0.4) is 0 Å². The van der Waals surface area contributed by atoms with Crippen LogP contribution in [0.2, 0.25) is 0 Å². The van der Waals surface area contributed by atoms with Crippen LogP contribution >= 0.6 is 11.3 Å². The van der Waals surface area contributed by atoms with Gasteiger partial charge in [-0.1, -0.05) is 0 Å². The lowest BCUT2D eigenvalue weighted by Gasteiger charge is -2.26. The van der Waals surface area contributed by atoms with Crippen molar-refractivity contribution in [3.8, 4) is 0 Å². The fourth-order valence-electron chi connectivity index (χ4n) is 3.19. The third kappa shape index (κ3) is 3.96. The molecule has 0 bridgehead atoms. The molecule has 0 spiro atoms. The Morgan fingerprint density at radius 3 is 2.73 bits per heavy atom. The Kier molecular flexibility index (Phi) is 5.31. The number of rotatable bonds is 5. The number of hydrogen-bond donors (Lipinski definition) is 1. The molecule has 0 unspecified atom stereocenters. The van der Waals surface area contributed by atoms with Gasteiger partial charge in [0.15, 0.2) is 5.13 Å². The second kappa shape index (κ2) is 8.01. The Hall–Kier alpha value is -2.19. The summed E-state index contributed by atoms with van der Waals surface area (Å²) in [5, 5.41) is 6.48. The predicted octanol–water partition coefficient (Wildman–Crippen LogP) is 2.22. The monoisotopic (exact) mass is 373 g/mol. The number of nitrogens with zero attached hydrogens (tertiary/aromatic N) is 4. The molecule has 4 rings (SSSR count). The lowest BCUT2D eigenvalue weighted by atomic mass is 10.2. The van der Waals surface area contributed by atoms with E-state index >= 15 is 0 Å². The summed E-state index contributed by atoms with van der Waals surface area (Å²) < 4.78 is 5.29. The van der Waals surface area contributed by atoms with E-state index in [9.17, 15) is 4.79 Å². The molecule has 2 aliphatic heterocycles. The van der Waals surface area contributed by atoms with E-state index in [1.807, 2.05) is 17.0 Å². The minimum Gasteiger partial charge on any atom is -0.378 e. The summed E-state index contributed by atoms with van der Waals surface area (Å²) in [6, 6.07) is 3.67. The molecule has 0 aliphatic carbocycles. The summed E-state index contributed by atoms with van der Waals surface area (Å²) in [5.74, 6) is 0.765. The van der Waals surface area contributed by atoms with Gasteiger partial charge in [0.2, 0.25) is 0 Å². The number of pyridine rings is 1. The number of ether oxygens (including phenoxy) is 1. The molecule has 1 N–H and O–H groups in total. The molecule has 0 saturated carbocycles. The number of anilines is 2. The maximum atomic E-state index is 12.4. The van der Waals surface area contributed by atoms with Crippen LogP contribution in [0.1, 0.15) is 28.9 Å². The largest absolute Gasteiger partial charge is 0.378 e. The van der Waals surface area contributed by atoms with Crippen molar-refractivity contribution in [3.63, 3.8) is 0 Å². The average Bonchev–Trinajstić information content (AvgIpc) is 3.38. The van der Waals surface area contributed by atoms with Crippen LogP contribution in [-0.2, 0) is 11.3 Å². The number of carbonyl (C=O) groups excluding carboxylic acids is 1. The fourth-order valence-corrected chi connectivity index (χ4v) is 4.07. The molecule has 0 atom stereocenters. The Bertz CT molecular complexity index is 736. The van der Waals surface area contributed by atoms with Crippen LogP contribution < -0.4 is 10.2 Å². The smallest absolute Gasteiger partial charge is 0.255 e. The standard InChI is InChI=1S/C18H23N5O2S/c24-17(22-7-9-25-10-8-22)14-3-4-16(19-11-14)20-12-15-13-26-18(21-15)23-5-1-2-6-23/h3-4,11,13H,1-2,5-10,12H2,(H,19,20). The van der Waals surface area contributed by atoms with Gasteiger partial charge >= 0.3 is 0 Å². The molecule has 0 radical (unpaired) electrons. The third-order valence-corrected chi connectivity index (χ3v) is 5.63. The normalized spacial score (nSPS) is 17.5. The number of hydrogen-bond acceptors (Lipinski definition) is 7. The lowest BCUT2D eigenvalue weighted by molar-refractivity contribution is 0.0302. The van der Waals surface area contributed by atoms with Gasteiger partial charge in [-0.05, 0) is 25.0 Å². The number of amides is 1. The Morgan fingerprint density at radius 1 is 1.19 bits per heavy atom. The highest BCUT2D eigenvalue weighted by atomic mass is 32.1. The van der Waals surface area contributed by atoms with E-state index in [0.717, 1.165) is 29.7 Å². The van der Waals surface area contributed by atoms with E-state index in [2.05, 4.69) is 20.6 Å². The third-order valence-electron chi connectivity index (χ3n) is 4.68. The highest BCUT2D eigenvalue weighted by Crippen LogP contribution is 2.24. The van der Waals surface area contributed by atoms with Gasteiger partial charge in [0, 0.05) is 37.8 Å². The summed E-state index contributed by atoms with van der Waals surface area (Å²) in [7, 11) is 0. The van der Waals surface area contributed by atoms with Gasteiger partial charge in [0.05, 0.1) is 31.0 Å². The zero-order chi connectivity index (χ0) is 17.8. The van der Waals surface area contributed by atoms with Crippen molar-refractivity contribution in [2.24, 2.45) is 0 Å². The highest BCUT2D eigenvalue weighted by Gasteiger charge is 2.19. The summed E-state index contributed by atoms with van der Waals surface area (Å²) >= 11 is 1.70. The molecule has 2 aromatic heterocycles. The quantitative estimate of drug-likeness (QED) is 0.867. The van der Waals surface area contributed by atoms with Crippen LogP contribution in [0.5, 0.6) is 0 Å². The molecular formula is C18H23N5O2S. The molecule has 7 nitrogen and oxygen atoms in total. The van der Waals surface area contributed by atoms with Crippen LogP contribution in [0.15, 0.2) is 23.7 Å². The van der Waals surface area contributed by atoms with E-state index < -0.39 is 0 Å². The van der Waals surface area contributed by atoms with Gasteiger partial charge in [0.25, 0.3) is 5.91 Å². The van der Waals surface area contributed by atoms with Gasteiger partial charge in [-0.15, -0.1) is 11.3 Å². The van der Waals surface area contributed by atoms with Crippen LogP contribution in [-0.4, -0.2) is 60.2 Å². The molecular weight excluding hydrogens is 350 g/mol. The van der Waals surface area contributed by atoms with E-state index in [1.165, 1.54) is 12.8 Å². The summed E-state index contributed by atoms with van der Waals surface area (Å²) in [6.07, 6.45) is 4.15. The Morgan fingerprint density at radius 2 is 2.00 bits per heavy atom. The summed E-state index contributed by atoms with van der Waals surface area (Å²) in [4.78, 5) is 25.6. The van der Waals surface area contributed by atoms with Crippen LogP contribution in [0.25, 0.3) is 0 Å². The molecule has 0 aromatic carbocycles. The van der Waals surface area contributed by atoms with Crippen molar-refractivity contribution in [1.82, 2.24) is 14.9 Å². The Balaban J connectivity index is 1.32. The zero-order valence-corrected chi connectivity index (χ0v) is 15.5. The van der Waals surface area contributed by atoms with E-state index in [4.69, 9.17) is 9.72 Å². The highest BCUT2D eigenvalue weighted by molar-refractivity contribution is 7.13. The molecule has 2 fully saturated rings. The van der Waals surface area contributed by atoms with Crippen molar-refractivity contribution in [2.75, 3.05) is 49.6 Å². The number of thiazole rings is 1. The van der Waals surface area contributed by atoms with E-state index in [-0.39, 0.29) is 5.91 Å². The number of morpholine rings is 1. The predicted molar refractivity (Wildman–Crippen MR) is 102 cm³/mol. The molecule has 138 valence electrons. The number of nitrogens with one attached hydrogen (secondary N) is 1. The lowest BCUT2D eigenvalue weighted by Crippen LogP contribution is -2.40.